The van der Waals surface area contributed by atoms with E-state index in [9.17, 15) is 17.6 Å². The predicted molar refractivity (Wildman–Crippen MR) is 123 cm³/mol. The minimum absolute atomic E-state index is 0.0738. The summed E-state index contributed by atoms with van der Waals surface area (Å²) in [6, 6.07) is 7.82. The zero-order valence-electron chi connectivity index (χ0n) is 18.7. The first-order chi connectivity index (χ1) is 14.6. The first kappa shape index (κ1) is 23.0. The number of aryl methyl sites for hydroxylation is 3. The van der Waals surface area contributed by atoms with Crippen LogP contribution >= 0.6 is 0 Å². The first-order valence-electron chi connectivity index (χ1n) is 10.6. The van der Waals surface area contributed by atoms with E-state index in [4.69, 9.17) is 0 Å². The molecule has 0 radical (unpaired) electrons. The number of anilines is 1. The molecule has 0 saturated heterocycles. The van der Waals surface area contributed by atoms with Crippen molar-refractivity contribution >= 4 is 26.4 Å². The van der Waals surface area contributed by atoms with Crippen LogP contribution in [0.3, 0.4) is 0 Å². The monoisotopic (exact) mass is 444 g/mol. The number of rotatable bonds is 7. The molecule has 0 aliphatic heterocycles. The Morgan fingerprint density at radius 1 is 0.968 bits per heavy atom. The fourth-order valence-corrected chi connectivity index (χ4v) is 5.57. The average Bonchev–Trinajstić information content (AvgIpc) is 2.71. The summed E-state index contributed by atoms with van der Waals surface area (Å²) in [7, 11) is -4.06. The maximum Gasteiger partial charge on any atom is 0.211 e. The van der Waals surface area contributed by atoms with Crippen LogP contribution in [0.15, 0.2) is 51.1 Å². The summed E-state index contributed by atoms with van der Waals surface area (Å²) in [5, 5.41) is 0.0762. The lowest BCUT2D eigenvalue weighted by Gasteiger charge is -2.23. The highest BCUT2D eigenvalue weighted by atomic mass is 32.2. The number of aromatic nitrogens is 1. The lowest BCUT2D eigenvalue weighted by atomic mass is 10.1. The molecule has 0 N–H and O–H groups in total. The summed E-state index contributed by atoms with van der Waals surface area (Å²) in [6.45, 7) is 11.2. The summed E-state index contributed by atoms with van der Waals surface area (Å²) >= 11 is 0. The molecular weight excluding hydrogens is 415 g/mol. The van der Waals surface area contributed by atoms with Gasteiger partial charge in [0, 0.05) is 25.8 Å². The third kappa shape index (κ3) is 4.24. The van der Waals surface area contributed by atoms with Crippen LogP contribution in [-0.2, 0) is 16.4 Å². The summed E-state index contributed by atoms with van der Waals surface area (Å²) in [5.74, 6) is -0.530. The van der Waals surface area contributed by atoms with Gasteiger partial charge in [-0.3, -0.25) is 4.79 Å². The molecule has 0 atom stereocenters. The van der Waals surface area contributed by atoms with Crippen molar-refractivity contribution in [2.24, 2.45) is 0 Å². The Morgan fingerprint density at radius 3 is 2.13 bits per heavy atom. The highest BCUT2D eigenvalue weighted by Gasteiger charge is 2.25. The van der Waals surface area contributed by atoms with Gasteiger partial charge in [-0.15, -0.1) is 0 Å². The molecule has 0 aliphatic carbocycles. The summed E-state index contributed by atoms with van der Waals surface area (Å²) in [6.07, 6.45) is 2.14. The van der Waals surface area contributed by atoms with Gasteiger partial charge in [0.05, 0.1) is 21.5 Å². The van der Waals surface area contributed by atoms with Crippen molar-refractivity contribution in [2.45, 2.75) is 57.4 Å². The molecule has 1 aromatic heterocycles. The van der Waals surface area contributed by atoms with E-state index in [1.165, 1.54) is 12.3 Å². The van der Waals surface area contributed by atoms with E-state index in [0.29, 0.717) is 30.8 Å². The van der Waals surface area contributed by atoms with E-state index >= 15 is 0 Å². The smallest absolute Gasteiger partial charge is 0.211 e. The molecule has 3 rings (SSSR count). The van der Waals surface area contributed by atoms with E-state index in [1.54, 1.807) is 22.8 Å². The second-order valence-electron chi connectivity index (χ2n) is 7.84. The number of pyridine rings is 1. The Hall–Kier alpha value is -2.67. The van der Waals surface area contributed by atoms with Crippen molar-refractivity contribution in [3.05, 3.63) is 63.7 Å². The summed E-state index contributed by atoms with van der Waals surface area (Å²) < 4.78 is 43.5. The Labute approximate surface area is 183 Å². The van der Waals surface area contributed by atoms with Crippen molar-refractivity contribution in [2.75, 3.05) is 18.0 Å². The van der Waals surface area contributed by atoms with Crippen LogP contribution in [0.5, 0.6) is 0 Å². The average molecular weight is 445 g/mol. The van der Waals surface area contributed by atoms with Gasteiger partial charge < -0.3 is 9.47 Å². The van der Waals surface area contributed by atoms with Gasteiger partial charge >= 0.3 is 0 Å². The van der Waals surface area contributed by atoms with Crippen molar-refractivity contribution in [1.82, 2.24) is 4.57 Å². The molecule has 31 heavy (non-hydrogen) atoms. The molecule has 0 unspecified atom stereocenters. The number of sulfone groups is 1. The van der Waals surface area contributed by atoms with Crippen molar-refractivity contribution in [3.63, 3.8) is 0 Å². The SMILES string of the molecule is CCCn1cc(S(=O)(=O)c2cc(C)cc(C)c2)c(=O)c2cc(F)c(N(CC)CC)cc21. The maximum atomic E-state index is 15.0. The molecule has 0 saturated carbocycles. The Balaban J connectivity index is 2.35. The zero-order valence-corrected chi connectivity index (χ0v) is 19.5. The first-order valence-corrected chi connectivity index (χ1v) is 12.1. The fourth-order valence-electron chi connectivity index (χ4n) is 4.01. The molecule has 0 aliphatic rings. The molecule has 0 spiro atoms. The van der Waals surface area contributed by atoms with Crippen molar-refractivity contribution < 1.29 is 12.8 Å². The van der Waals surface area contributed by atoms with Crippen LogP contribution < -0.4 is 10.3 Å². The van der Waals surface area contributed by atoms with E-state index in [-0.39, 0.29) is 15.2 Å². The lowest BCUT2D eigenvalue weighted by Crippen LogP contribution is -2.24. The van der Waals surface area contributed by atoms with Crippen LogP contribution in [-0.4, -0.2) is 26.1 Å². The van der Waals surface area contributed by atoms with E-state index in [2.05, 4.69) is 0 Å². The third-order valence-electron chi connectivity index (χ3n) is 5.48. The molecule has 5 nitrogen and oxygen atoms in total. The summed E-state index contributed by atoms with van der Waals surface area (Å²) in [4.78, 5) is 14.9. The minimum atomic E-state index is -4.06. The fraction of sp³-hybridized carbons (Fsp3) is 0.375. The topological polar surface area (TPSA) is 59.4 Å². The Bertz CT molecular complexity index is 1270. The van der Waals surface area contributed by atoms with Crippen molar-refractivity contribution in [1.29, 1.82) is 0 Å². The lowest BCUT2D eigenvalue weighted by molar-refractivity contribution is 0.592. The highest BCUT2D eigenvalue weighted by Crippen LogP contribution is 2.28. The molecule has 166 valence electrons. The molecule has 0 fully saturated rings. The number of nitrogens with zero attached hydrogens (tertiary/aromatic N) is 2. The Kier molecular flexibility index (Phi) is 6.55. The predicted octanol–water partition coefficient (Wildman–Crippen LogP) is 4.85. The molecule has 1 heterocycles. The minimum Gasteiger partial charge on any atom is -0.370 e. The van der Waals surface area contributed by atoms with Crippen LogP contribution in [0.25, 0.3) is 10.9 Å². The van der Waals surface area contributed by atoms with Crippen LogP contribution in [0, 0.1) is 19.7 Å². The Morgan fingerprint density at radius 2 is 1.58 bits per heavy atom. The molecular formula is C24H29FN2O3S. The molecule has 3 aromatic rings. The van der Waals surface area contributed by atoms with E-state index < -0.39 is 21.1 Å². The van der Waals surface area contributed by atoms with Gasteiger partial charge in [-0.05, 0) is 69.5 Å². The van der Waals surface area contributed by atoms with Gasteiger partial charge in [-0.25, -0.2) is 12.8 Å². The van der Waals surface area contributed by atoms with Gasteiger partial charge in [0.25, 0.3) is 0 Å². The van der Waals surface area contributed by atoms with Crippen LogP contribution in [0.4, 0.5) is 10.1 Å². The molecule has 2 aromatic carbocycles. The van der Waals surface area contributed by atoms with Gasteiger partial charge in [-0.2, -0.15) is 0 Å². The van der Waals surface area contributed by atoms with Crippen LogP contribution in [0.1, 0.15) is 38.3 Å². The van der Waals surface area contributed by atoms with Gasteiger partial charge in [0.2, 0.25) is 15.3 Å². The second kappa shape index (κ2) is 8.83. The number of halogens is 1. The number of benzene rings is 2. The van der Waals surface area contributed by atoms with Crippen LogP contribution in [0.2, 0.25) is 0 Å². The number of hydrogen-bond donors (Lipinski definition) is 0. The van der Waals surface area contributed by atoms with Gasteiger partial charge in [0.1, 0.15) is 10.7 Å². The zero-order chi connectivity index (χ0) is 22.9. The maximum absolute atomic E-state index is 15.0. The normalized spacial score (nSPS) is 11.8. The molecule has 0 amide bonds. The van der Waals surface area contributed by atoms with Gasteiger partial charge in [-0.1, -0.05) is 13.0 Å². The highest BCUT2D eigenvalue weighted by molar-refractivity contribution is 7.91. The van der Waals surface area contributed by atoms with Gasteiger partial charge in [0.15, 0.2) is 0 Å². The second-order valence-corrected chi connectivity index (χ2v) is 9.75. The standard InChI is InChI=1S/C24H29FN2O3S/c1-6-9-27-15-23(31(29,30)18-11-16(4)10-17(5)12-18)24(28)19-13-20(25)22(14-21(19)27)26(7-2)8-3/h10-15H,6-9H2,1-5H3. The van der Waals surface area contributed by atoms with E-state index in [1.807, 2.05) is 45.6 Å². The number of fused-ring (bicyclic) bond motifs is 1. The van der Waals surface area contributed by atoms with E-state index in [0.717, 1.165) is 17.5 Å². The quantitative estimate of drug-likeness (QED) is 0.523. The third-order valence-corrected chi connectivity index (χ3v) is 7.21. The largest absolute Gasteiger partial charge is 0.370 e. The molecule has 7 heteroatoms. The van der Waals surface area contributed by atoms with Crippen molar-refractivity contribution in [3.8, 4) is 0 Å². The number of hydrogen-bond acceptors (Lipinski definition) is 4. The molecule has 0 bridgehead atoms. The summed E-state index contributed by atoms with van der Waals surface area (Å²) in [5.41, 5.74) is 1.86.